The Balaban J connectivity index is 1.63. The van der Waals surface area contributed by atoms with Crippen molar-refractivity contribution in [1.82, 2.24) is 9.55 Å². The highest BCUT2D eigenvalue weighted by molar-refractivity contribution is 7.99. The van der Waals surface area contributed by atoms with E-state index in [1.54, 1.807) is 19.2 Å². The molecule has 0 unspecified atom stereocenters. The molecule has 30 heavy (non-hydrogen) atoms. The highest BCUT2D eigenvalue weighted by atomic mass is 32.2. The van der Waals surface area contributed by atoms with E-state index in [1.165, 1.54) is 10.6 Å². The summed E-state index contributed by atoms with van der Waals surface area (Å²) in [6, 6.07) is 4.49. The summed E-state index contributed by atoms with van der Waals surface area (Å²) in [4.78, 5) is 20.1. The standard InChI is InChI=1S/C20H24F2N4O3S/c1-4-19(2)8-10-26(11-9-19)18-24-16(23)15(17(27)25(18)3)30-13-7-5-6-12-14(13)29-20(21,22)28-12/h5-7H,4,8-11,23H2,1-3H3. The van der Waals surface area contributed by atoms with E-state index in [0.717, 1.165) is 44.1 Å². The Kier molecular flexibility index (Phi) is 5.08. The molecular weight excluding hydrogens is 414 g/mol. The number of nitrogen functional groups attached to an aromatic ring is 1. The molecule has 0 spiro atoms. The number of aromatic nitrogens is 2. The van der Waals surface area contributed by atoms with Gasteiger partial charge in [-0.2, -0.15) is 4.98 Å². The minimum absolute atomic E-state index is 0.0604. The molecule has 10 heteroatoms. The van der Waals surface area contributed by atoms with E-state index in [9.17, 15) is 13.6 Å². The Morgan fingerprint density at radius 1 is 1.27 bits per heavy atom. The second-order valence-electron chi connectivity index (χ2n) is 7.99. The van der Waals surface area contributed by atoms with Crippen LogP contribution in [0.1, 0.15) is 33.1 Å². The Hall–Kier alpha value is -2.49. The first-order valence-electron chi connectivity index (χ1n) is 9.80. The van der Waals surface area contributed by atoms with Crippen LogP contribution in [0.25, 0.3) is 0 Å². The second-order valence-corrected chi connectivity index (χ2v) is 9.05. The van der Waals surface area contributed by atoms with Gasteiger partial charge in [0.05, 0.1) is 4.90 Å². The zero-order valence-electron chi connectivity index (χ0n) is 17.1. The van der Waals surface area contributed by atoms with Crippen molar-refractivity contribution in [2.75, 3.05) is 23.7 Å². The Morgan fingerprint density at radius 3 is 2.63 bits per heavy atom. The lowest BCUT2D eigenvalue weighted by Crippen LogP contribution is -2.41. The van der Waals surface area contributed by atoms with Crippen molar-refractivity contribution < 1.29 is 18.3 Å². The maximum Gasteiger partial charge on any atom is 0.586 e. The Morgan fingerprint density at radius 2 is 1.97 bits per heavy atom. The molecule has 1 aromatic heterocycles. The minimum Gasteiger partial charge on any atom is -0.395 e. The second kappa shape index (κ2) is 7.33. The molecule has 2 aromatic rings. The first kappa shape index (κ1) is 20.8. The molecule has 0 radical (unpaired) electrons. The normalized spacial score (nSPS) is 19.2. The van der Waals surface area contributed by atoms with E-state index in [0.29, 0.717) is 16.3 Å². The number of anilines is 2. The smallest absolute Gasteiger partial charge is 0.395 e. The zero-order valence-corrected chi connectivity index (χ0v) is 17.9. The van der Waals surface area contributed by atoms with E-state index in [1.807, 2.05) is 0 Å². The van der Waals surface area contributed by atoms with Gasteiger partial charge >= 0.3 is 6.29 Å². The van der Waals surface area contributed by atoms with Crippen LogP contribution in [-0.4, -0.2) is 28.9 Å². The average molecular weight is 439 g/mol. The van der Waals surface area contributed by atoms with Crippen LogP contribution in [0.5, 0.6) is 11.5 Å². The highest BCUT2D eigenvalue weighted by Crippen LogP contribution is 2.48. The number of para-hydroxylation sites is 1. The first-order chi connectivity index (χ1) is 14.1. The Bertz CT molecular complexity index is 1040. The molecule has 0 aliphatic carbocycles. The van der Waals surface area contributed by atoms with Gasteiger partial charge in [-0.25, -0.2) is 0 Å². The predicted molar refractivity (Wildman–Crippen MR) is 111 cm³/mol. The summed E-state index contributed by atoms with van der Waals surface area (Å²) in [5, 5.41) is 0. The van der Waals surface area contributed by atoms with Gasteiger partial charge in [0.15, 0.2) is 11.5 Å². The van der Waals surface area contributed by atoms with Crippen molar-refractivity contribution in [1.29, 1.82) is 0 Å². The van der Waals surface area contributed by atoms with Gasteiger partial charge in [0.1, 0.15) is 10.7 Å². The van der Waals surface area contributed by atoms with Crippen LogP contribution in [0.15, 0.2) is 32.8 Å². The number of nitrogens with two attached hydrogens (primary N) is 1. The molecule has 2 aliphatic rings. The zero-order chi connectivity index (χ0) is 21.7. The van der Waals surface area contributed by atoms with Gasteiger partial charge < -0.3 is 20.1 Å². The van der Waals surface area contributed by atoms with E-state index in [-0.39, 0.29) is 27.8 Å². The summed E-state index contributed by atoms with van der Waals surface area (Å²) in [5.74, 6) is 0.375. The number of hydrogen-bond acceptors (Lipinski definition) is 7. The quantitative estimate of drug-likeness (QED) is 0.776. The molecule has 0 bridgehead atoms. The molecular formula is C20H24F2N4O3S. The van der Waals surface area contributed by atoms with Crippen LogP contribution >= 0.6 is 11.8 Å². The topological polar surface area (TPSA) is 82.6 Å². The molecule has 0 amide bonds. The summed E-state index contributed by atoms with van der Waals surface area (Å²) < 4.78 is 37.4. The summed E-state index contributed by atoms with van der Waals surface area (Å²) in [7, 11) is 1.64. The number of ether oxygens (including phenoxy) is 2. The summed E-state index contributed by atoms with van der Waals surface area (Å²) >= 11 is 0.942. The molecule has 162 valence electrons. The average Bonchev–Trinajstić information content (AvgIpc) is 3.03. The number of rotatable bonds is 4. The maximum atomic E-state index is 13.5. The number of piperidine rings is 1. The number of alkyl halides is 2. The fraction of sp³-hybridized carbons (Fsp3) is 0.500. The van der Waals surface area contributed by atoms with Crippen LogP contribution in [0.3, 0.4) is 0 Å². The number of hydrogen-bond donors (Lipinski definition) is 1. The molecule has 1 saturated heterocycles. The minimum atomic E-state index is -3.74. The van der Waals surface area contributed by atoms with Gasteiger partial charge in [-0.15, -0.1) is 8.78 Å². The molecule has 1 aromatic carbocycles. The SMILES string of the molecule is CCC1(C)CCN(c2nc(N)c(Sc3cccc4c3OC(F)(F)O4)c(=O)n2C)CC1. The van der Waals surface area contributed by atoms with Gasteiger partial charge in [0.2, 0.25) is 5.95 Å². The van der Waals surface area contributed by atoms with Crippen LogP contribution in [0.4, 0.5) is 20.5 Å². The van der Waals surface area contributed by atoms with E-state index < -0.39 is 6.29 Å². The van der Waals surface area contributed by atoms with Crippen LogP contribution in [-0.2, 0) is 7.05 Å². The summed E-state index contributed by atoms with van der Waals surface area (Å²) in [6.07, 6.45) is -0.606. The van der Waals surface area contributed by atoms with Crippen molar-refractivity contribution in [2.24, 2.45) is 12.5 Å². The van der Waals surface area contributed by atoms with E-state index in [2.05, 4.69) is 33.2 Å². The Labute approximate surface area is 177 Å². The predicted octanol–water partition coefficient (Wildman–Crippen LogP) is 3.85. The third-order valence-electron chi connectivity index (χ3n) is 5.96. The number of halogens is 2. The van der Waals surface area contributed by atoms with Gasteiger partial charge in [0, 0.05) is 20.1 Å². The van der Waals surface area contributed by atoms with Crippen molar-refractivity contribution in [2.45, 2.75) is 49.2 Å². The monoisotopic (exact) mass is 438 g/mol. The lowest BCUT2D eigenvalue weighted by atomic mass is 9.78. The lowest BCUT2D eigenvalue weighted by Gasteiger charge is -2.39. The fourth-order valence-corrected chi connectivity index (χ4v) is 4.68. The molecule has 7 nitrogen and oxygen atoms in total. The van der Waals surface area contributed by atoms with Gasteiger partial charge in [-0.3, -0.25) is 9.36 Å². The van der Waals surface area contributed by atoms with Crippen molar-refractivity contribution >= 4 is 23.5 Å². The lowest BCUT2D eigenvalue weighted by molar-refractivity contribution is -0.287. The molecule has 4 rings (SSSR count). The number of nitrogens with zero attached hydrogens (tertiary/aromatic N) is 3. The van der Waals surface area contributed by atoms with Crippen molar-refractivity contribution in [3.8, 4) is 11.5 Å². The fourth-order valence-electron chi connectivity index (χ4n) is 3.70. The summed E-state index contributed by atoms with van der Waals surface area (Å²) in [5.41, 5.74) is 6.09. The van der Waals surface area contributed by atoms with Crippen LogP contribution in [0, 0.1) is 5.41 Å². The molecule has 0 atom stereocenters. The first-order valence-corrected chi connectivity index (χ1v) is 10.6. The highest BCUT2D eigenvalue weighted by Gasteiger charge is 2.44. The third kappa shape index (κ3) is 3.68. The number of fused-ring (bicyclic) bond motifs is 1. The van der Waals surface area contributed by atoms with E-state index in [4.69, 9.17) is 5.73 Å². The van der Waals surface area contributed by atoms with Gasteiger partial charge in [-0.1, -0.05) is 38.1 Å². The van der Waals surface area contributed by atoms with Crippen LogP contribution in [0.2, 0.25) is 0 Å². The van der Waals surface area contributed by atoms with E-state index >= 15 is 0 Å². The van der Waals surface area contributed by atoms with Crippen molar-refractivity contribution in [3.63, 3.8) is 0 Å². The molecule has 2 aliphatic heterocycles. The maximum absolute atomic E-state index is 13.5. The van der Waals surface area contributed by atoms with Gasteiger partial charge in [-0.05, 0) is 30.4 Å². The number of benzene rings is 1. The largest absolute Gasteiger partial charge is 0.586 e. The third-order valence-corrected chi connectivity index (χ3v) is 7.09. The van der Waals surface area contributed by atoms with Gasteiger partial charge in [0.25, 0.3) is 5.56 Å². The van der Waals surface area contributed by atoms with Crippen molar-refractivity contribution in [3.05, 3.63) is 28.6 Å². The molecule has 2 N–H and O–H groups in total. The molecule has 0 saturated carbocycles. The molecule has 1 fully saturated rings. The summed E-state index contributed by atoms with van der Waals surface area (Å²) in [6.45, 7) is 6.06. The molecule has 3 heterocycles. The van der Waals surface area contributed by atoms with Crippen LogP contribution < -0.4 is 25.7 Å².